The summed E-state index contributed by atoms with van der Waals surface area (Å²) < 4.78 is 1.37. The van der Waals surface area contributed by atoms with Gasteiger partial charge >= 0.3 is 12.0 Å². The number of nitrogens with zero attached hydrogens (tertiary/aromatic N) is 3. The molecule has 1 aromatic rings. The van der Waals surface area contributed by atoms with Crippen molar-refractivity contribution in [3.8, 4) is 0 Å². The SMILES string of the molecule is CCC(C)C(NC(=O)Nc1ncnn1C)C(=O)O. The van der Waals surface area contributed by atoms with Gasteiger partial charge < -0.3 is 10.4 Å². The Morgan fingerprint density at radius 2 is 2.22 bits per heavy atom. The zero-order valence-corrected chi connectivity index (χ0v) is 10.5. The molecule has 18 heavy (non-hydrogen) atoms. The molecule has 0 saturated carbocycles. The Bertz CT molecular complexity index is 431. The molecule has 0 saturated heterocycles. The van der Waals surface area contributed by atoms with Gasteiger partial charge in [0.2, 0.25) is 5.95 Å². The van der Waals surface area contributed by atoms with Crippen LogP contribution in [0, 0.1) is 5.92 Å². The molecule has 100 valence electrons. The van der Waals surface area contributed by atoms with Crippen molar-refractivity contribution in [2.45, 2.75) is 26.3 Å². The Morgan fingerprint density at radius 3 is 2.67 bits per heavy atom. The number of carbonyl (C=O) groups is 2. The monoisotopic (exact) mass is 255 g/mol. The summed E-state index contributed by atoms with van der Waals surface area (Å²) in [5.74, 6) is -0.967. The van der Waals surface area contributed by atoms with Crippen LogP contribution in [0.3, 0.4) is 0 Å². The second-order valence-electron chi connectivity index (χ2n) is 4.01. The van der Waals surface area contributed by atoms with E-state index in [0.29, 0.717) is 6.42 Å². The molecule has 1 rings (SSSR count). The Kier molecular flexibility index (Phi) is 4.64. The molecule has 1 aromatic heterocycles. The van der Waals surface area contributed by atoms with Crippen molar-refractivity contribution < 1.29 is 14.7 Å². The van der Waals surface area contributed by atoms with E-state index in [1.807, 2.05) is 6.92 Å². The standard InChI is InChI=1S/C10H17N5O3/c1-4-6(2)7(8(16)17)13-10(18)14-9-11-5-12-15(9)3/h5-7H,4H2,1-3H3,(H,16,17)(H2,11,12,13,14,18). The second-order valence-corrected chi connectivity index (χ2v) is 4.01. The number of rotatable bonds is 5. The van der Waals surface area contributed by atoms with E-state index in [1.54, 1.807) is 14.0 Å². The number of carboxylic acids is 1. The molecule has 0 bridgehead atoms. The number of amides is 2. The van der Waals surface area contributed by atoms with Crippen molar-refractivity contribution in [3.63, 3.8) is 0 Å². The lowest BCUT2D eigenvalue weighted by atomic mass is 10.00. The minimum atomic E-state index is -1.06. The van der Waals surface area contributed by atoms with E-state index in [2.05, 4.69) is 20.7 Å². The van der Waals surface area contributed by atoms with Crippen molar-refractivity contribution in [2.24, 2.45) is 13.0 Å². The van der Waals surface area contributed by atoms with Gasteiger partial charge in [0, 0.05) is 7.05 Å². The average Bonchev–Trinajstić information content (AvgIpc) is 2.70. The first-order chi connectivity index (χ1) is 8.45. The van der Waals surface area contributed by atoms with Crippen molar-refractivity contribution in [2.75, 3.05) is 5.32 Å². The van der Waals surface area contributed by atoms with Crippen LogP contribution in [-0.2, 0) is 11.8 Å². The van der Waals surface area contributed by atoms with Crippen LogP contribution in [0.2, 0.25) is 0 Å². The molecule has 2 amide bonds. The van der Waals surface area contributed by atoms with Gasteiger partial charge in [-0.3, -0.25) is 5.32 Å². The minimum Gasteiger partial charge on any atom is -0.480 e. The number of aryl methyl sites for hydroxylation is 1. The Morgan fingerprint density at radius 1 is 1.56 bits per heavy atom. The van der Waals surface area contributed by atoms with Crippen LogP contribution in [-0.4, -0.2) is 37.9 Å². The van der Waals surface area contributed by atoms with Gasteiger partial charge in [-0.15, -0.1) is 0 Å². The van der Waals surface area contributed by atoms with Gasteiger partial charge in [0.1, 0.15) is 12.4 Å². The number of carbonyl (C=O) groups excluding carboxylic acids is 1. The van der Waals surface area contributed by atoms with E-state index >= 15 is 0 Å². The predicted octanol–water partition coefficient (Wildman–Crippen LogP) is 0.436. The van der Waals surface area contributed by atoms with Crippen molar-refractivity contribution in [3.05, 3.63) is 6.33 Å². The molecule has 0 fully saturated rings. The highest BCUT2D eigenvalue weighted by atomic mass is 16.4. The van der Waals surface area contributed by atoms with Gasteiger partial charge in [0.05, 0.1) is 0 Å². The van der Waals surface area contributed by atoms with Crippen molar-refractivity contribution in [1.82, 2.24) is 20.1 Å². The molecule has 0 aliphatic heterocycles. The molecule has 0 aliphatic rings. The summed E-state index contributed by atoms with van der Waals surface area (Å²) in [6.07, 6.45) is 1.94. The predicted molar refractivity (Wildman–Crippen MR) is 64.0 cm³/mol. The van der Waals surface area contributed by atoms with Crippen LogP contribution in [0.1, 0.15) is 20.3 Å². The van der Waals surface area contributed by atoms with E-state index in [9.17, 15) is 9.59 Å². The Hall–Kier alpha value is -2.12. The van der Waals surface area contributed by atoms with Crippen LogP contribution < -0.4 is 10.6 Å². The first kappa shape index (κ1) is 13.9. The minimum absolute atomic E-state index is 0.159. The molecule has 0 spiro atoms. The number of aliphatic carboxylic acids is 1. The smallest absolute Gasteiger partial charge is 0.326 e. The molecule has 2 unspecified atom stereocenters. The summed E-state index contributed by atoms with van der Waals surface area (Å²) >= 11 is 0. The van der Waals surface area contributed by atoms with Gasteiger partial charge in [0.15, 0.2) is 0 Å². The summed E-state index contributed by atoms with van der Waals surface area (Å²) in [4.78, 5) is 26.5. The number of hydrogen-bond acceptors (Lipinski definition) is 4. The number of anilines is 1. The molecule has 8 heteroatoms. The summed E-state index contributed by atoms with van der Waals surface area (Å²) in [6.45, 7) is 3.63. The highest BCUT2D eigenvalue weighted by Gasteiger charge is 2.25. The largest absolute Gasteiger partial charge is 0.480 e. The fourth-order valence-corrected chi connectivity index (χ4v) is 1.37. The number of urea groups is 1. The number of carboxylic acid groups (broad SMARTS) is 1. The lowest BCUT2D eigenvalue weighted by Crippen LogP contribution is -2.47. The van der Waals surface area contributed by atoms with Crippen LogP contribution >= 0.6 is 0 Å². The average molecular weight is 255 g/mol. The number of aromatic nitrogens is 3. The van der Waals surface area contributed by atoms with Crippen molar-refractivity contribution >= 4 is 17.9 Å². The Balaban J connectivity index is 2.62. The van der Waals surface area contributed by atoms with Crippen LogP contribution in [0.15, 0.2) is 6.33 Å². The molecule has 2 atom stereocenters. The number of hydrogen-bond donors (Lipinski definition) is 3. The van der Waals surface area contributed by atoms with Gasteiger partial charge in [-0.25, -0.2) is 14.3 Å². The fraction of sp³-hybridized carbons (Fsp3) is 0.600. The lowest BCUT2D eigenvalue weighted by molar-refractivity contribution is -0.140. The zero-order chi connectivity index (χ0) is 13.7. The molecule has 0 aromatic carbocycles. The van der Waals surface area contributed by atoms with Crippen molar-refractivity contribution in [1.29, 1.82) is 0 Å². The third-order valence-electron chi connectivity index (χ3n) is 2.70. The van der Waals surface area contributed by atoms with E-state index in [4.69, 9.17) is 5.11 Å². The molecule has 0 radical (unpaired) electrons. The first-order valence-corrected chi connectivity index (χ1v) is 5.60. The summed E-state index contributed by atoms with van der Waals surface area (Å²) in [5.41, 5.74) is 0. The third kappa shape index (κ3) is 3.44. The summed E-state index contributed by atoms with van der Waals surface area (Å²) in [7, 11) is 1.62. The molecule has 0 aliphatic carbocycles. The molecule has 1 heterocycles. The molecular formula is C10H17N5O3. The fourth-order valence-electron chi connectivity index (χ4n) is 1.37. The molecular weight excluding hydrogens is 238 g/mol. The maximum absolute atomic E-state index is 11.6. The van der Waals surface area contributed by atoms with Crippen LogP contribution in [0.4, 0.5) is 10.7 Å². The highest BCUT2D eigenvalue weighted by Crippen LogP contribution is 2.08. The van der Waals surface area contributed by atoms with E-state index in [1.165, 1.54) is 11.0 Å². The van der Waals surface area contributed by atoms with Gasteiger partial charge in [-0.1, -0.05) is 20.3 Å². The third-order valence-corrected chi connectivity index (χ3v) is 2.70. The van der Waals surface area contributed by atoms with Crippen LogP contribution in [0.25, 0.3) is 0 Å². The Labute approximate surface area is 104 Å². The maximum atomic E-state index is 11.6. The topological polar surface area (TPSA) is 109 Å². The quantitative estimate of drug-likeness (QED) is 0.707. The van der Waals surface area contributed by atoms with Crippen LogP contribution in [0.5, 0.6) is 0 Å². The lowest BCUT2D eigenvalue weighted by Gasteiger charge is -2.20. The molecule has 8 nitrogen and oxygen atoms in total. The zero-order valence-electron chi connectivity index (χ0n) is 10.5. The normalized spacial score (nSPS) is 13.7. The second kappa shape index (κ2) is 5.99. The summed E-state index contributed by atoms with van der Waals surface area (Å²) in [5, 5.41) is 17.6. The maximum Gasteiger partial charge on any atom is 0.326 e. The number of nitrogens with one attached hydrogen (secondary N) is 2. The first-order valence-electron chi connectivity index (χ1n) is 5.60. The summed E-state index contributed by atoms with van der Waals surface area (Å²) in [6, 6.07) is -1.54. The van der Waals surface area contributed by atoms with Gasteiger partial charge in [-0.05, 0) is 5.92 Å². The van der Waals surface area contributed by atoms with E-state index in [-0.39, 0.29) is 11.9 Å². The van der Waals surface area contributed by atoms with E-state index in [0.717, 1.165) is 0 Å². The van der Waals surface area contributed by atoms with E-state index < -0.39 is 18.0 Å². The van der Waals surface area contributed by atoms with Gasteiger partial charge in [0.25, 0.3) is 0 Å². The highest BCUT2D eigenvalue weighted by molar-refractivity contribution is 5.90. The molecule has 3 N–H and O–H groups in total. The van der Waals surface area contributed by atoms with Gasteiger partial charge in [-0.2, -0.15) is 10.1 Å².